The summed E-state index contributed by atoms with van der Waals surface area (Å²) in [5.41, 5.74) is 2.69. The highest BCUT2D eigenvalue weighted by atomic mass is 32.1. The smallest absolute Gasteiger partial charge is 0.0775 e. The molecule has 1 aromatic carbocycles. The van der Waals surface area contributed by atoms with Gasteiger partial charge in [-0.05, 0) is 51.0 Å². The van der Waals surface area contributed by atoms with E-state index < -0.39 is 0 Å². The minimum Gasteiger partial charge on any atom is -0.127 e. The highest BCUT2D eigenvalue weighted by Crippen LogP contribution is 2.30. The Kier molecular flexibility index (Phi) is 3.59. The van der Waals surface area contributed by atoms with Crippen molar-refractivity contribution in [3.63, 3.8) is 0 Å². The Hall–Kier alpha value is -1.52. The Morgan fingerprint density at radius 2 is 1.72 bits per heavy atom. The van der Waals surface area contributed by atoms with Crippen LogP contribution in [0.5, 0.6) is 0 Å². The molecule has 0 atom stereocenters. The summed E-state index contributed by atoms with van der Waals surface area (Å²) in [4.78, 5) is 2.44. The highest BCUT2D eigenvalue weighted by molar-refractivity contribution is 7.16. The SMILES string of the molecule is Cc1ccccc1-c1ccc(C#CC(C)(C)C)s1. The van der Waals surface area contributed by atoms with Gasteiger partial charge in [0.05, 0.1) is 4.88 Å². The maximum Gasteiger partial charge on any atom is 0.0775 e. The third-order valence-corrected chi connectivity index (χ3v) is 3.61. The molecule has 2 aromatic rings. The van der Waals surface area contributed by atoms with E-state index in [0.717, 1.165) is 4.88 Å². The first-order chi connectivity index (χ1) is 8.46. The fourth-order valence-electron chi connectivity index (χ4n) is 1.65. The van der Waals surface area contributed by atoms with Gasteiger partial charge in [0.1, 0.15) is 0 Å². The number of thiophene rings is 1. The van der Waals surface area contributed by atoms with Crippen LogP contribution in [-0.2, 0) is 0 Å². The Balaban J connectivity index is 2.31. The summed E-state index contributed by atoms with van der Waals surface area (Å²) < 4.78 is 0. The number of hydrogen-bond acceptors (Lipinski definition) is 1. The Labute approximate surface area is 114 Å². The maximum absolute atomic E-state index is 3.28. The Morgan fingerprint density at radius 3 is 2.39 bits per heavy atom. The summed E-state index contributed by atoms with van der Waals surface area (Å²) >= 11 is 1.77. The predicted molar refractivity (Wildman–Crippen MR) is 80.8 cm³/mol. The van der Waals surface area contributed by atoms with Gasteiger partial charge in [-0.1, -0.05) is 36.1 Å². The standard InChI is InChI=1S/C17H18S/c1-13-7-5-6-8-15(13)16-10-9-14(18-16)11-12-17(2,3)4/h5-10H,1-4H3. The van der Waals surface area contributed by atoms with Crippen molar-refractivity contribution in [3.8, 4) is 22.3 Å². The van der Waals surface area contributed by atoms with Crippen molar-refractivity contribution in [2.24, 2.45) is 5.41 Å². The third-order valence-electron chi connectivity index (χ3n) is 2.58. The van der Waals surface area contributed by atoms with E-state index >= 15 is 0 Å². The molecule has 0 bridgehead atoms. The van der Waals surface area contributed by atoms with Crippen LogP contribution in [0.4, 0.5) is 0 Å². The van der Waals surface area contributed by atoms with Crippen molar-refractivity contribution in [1.29, 1.82) is 0 Å². The highest BCUT2D eigenvalue weighted by Gasteiger charge is 2.06. The van der Waals surface area contributed by atoms with Gasteiger partial charge >= 0.3 is 0 Å². The molecule has 0 nitrogen and oxygen atoms in total. The molecule has 2 rings (SSSR count). The van der Waals surface area contributed by atoms with Gasteiger partial charge < -0.3 is 0 Å². The van der Waals surface area contributed by atoms with Crippen molar-refractivity contribution < 1.29 is 0 Å². The molecule has 1 heterocycles. The molecule has 0 saturated heterocycles. The van der Waals surface area contributed by atoms with Gasteiger partial charge in [-0.15, -0.1) is 11.3 Å². The molecule has 18 heavy (non-hydrogen) atoms. The summed E-state index contributed by atoms with van der Waals surface area (Å²) in [5, 5.41) is 0. The molecule has 0 radical (unpaired) electrons. The average Bonchev–Trinajstić information content (AvgIpc) is 2.75. The average molecular weight is 254 g/mol. The summed E-state index contributed by atoms with van der Waals surface area (Å²) in [5.74, 6) is 6.54. The van der Waals surface area contributed by atoms with Gasteiger partial charge in [0, 0.05) is 10.3 Å². The molecule has 92 valence electrons. The first kappa shape index (κ1) is 12.9. The van der Waals surface area contributed by atoms with E-state index in [1.807, 2.05) is 0 Å². The Bertz CT molecular complexity index is 600. The quantitative estimate of drug-likeness (QED) is 0.619. The van der Waals surface area contributed by atoms with E-state index in [1.165, 1.54) is 16.0 Å². The van der Waals surface area contributed by atoms with Crippen LogP contribution in [-0.4, -0.2) is 0 Å². The second kappa shape index (κ2) is 5.00. The predicted octanol–water partition coefficient (Wildman–Crippen LogP) is 5.12. The van der Waals surface area contributed by atoms with E-state index in [4.69, 9.17) is 0 Å². The number of hydrogen-bond donors (Lipinski definition) is 0. The van der Waals surface area contributed by atoms with Crippen LogP contribution in [0.1, 0.15) is 31.2 Å². The molecule has 0 saturated carbocycles. The molecule has 0 aliphatic carbocycles. The monoisotopic (exact) mass is 254 g/mol. The molecule has 0 unspecified atom stereocenters. The van der Waals surface area contributed by atoms with Crippen LogP contribution < -0.4 is 0 Å². The molecule has 1 heteroatoms. The largest absolute Gasteiger partial charge is 0.127 e. The summed E-state index contributed by atoms with van der Waals surface area (Å²) in [7, 11) is 0. The van der Waals surface area contributed by atoms with Crippen LogP contribution in [0.3, 0.4) is 0 Å². The molecule has 0 amide bonds. The van der Waals surface area contributed by atoms with Crippen LogP contribution in [0.25, 0.3) is 10.4 Å². The van der Waals surface area contributed by atoms with Crippen LogP contribution >= 0.6 is 11.3 Å². The van der Waals surface area contributed by atoms with E-state index in [-0.39, 0.29) is 5.41 Å². The van der Waals surface area contributed by atoms with Crippen LogP contribution in [0, 0.1) is 24.2 Å². The van der Waals surface area contributed by atoms with E-state index in [0.29, 0.717) is 0 Å². The number of rotatable bonds is 1. The zero-order chi connectivity index (χ0) is 13.2. The van der Waals surface area contributed by atoms with Crippen molar-refractivity contribution >= 4 is 11.3 Å². The maximum atomic E-state index is 3.28. The van der Waals surface area contributed by atoms with E-state index in [1.54, 1.807) is 11.3 Å². The van der Waals surface area contributed by atoms with Crippen molar-refractivity contribution in [2.45, 2.75) is 27.7 Å². The van der Waals surface area contributed by atoms with Gasteiger partial charge in [-0.3, -0.25) is 0 Å². The third kappa shape index (κ3) is 3.24. The van der Waals surface area contributed by atoms with Crippen molar-refractivity contribution in [3.05, 3.63) is 46.8 Å². The summed E-state index contributed by atoms with van der Waals surface area (Å²) in [6.45, 7) is 8.55. The molecule has 0 aliphatic heterocycles. The summed E-state index contributed by atoms with van der Waals surface area (Å²) in [6, 6.07) is 12.8. The lowest BCUT2D eigenvalue weighted by molar-refractivity contribution is 0.571. The second-order valence-corrected chi connectivity index (χ2v) is 6.56. The zero-order valence-corrected chi connectivity index (χ0v) is 12.2. The minimum absolute atomic E-state index is 0.0623. The first-order valence-corrected chi connectivity index (χ1v) is 6.96. The van der Waals surface area contributed by atoms with Crippen LogP contribution in [0.2, 0.25) is 0 Å². The van der Waals surface area contributed by atoms with Crippen LogP contribution in [0.15, 0.2) is 36.4 Å². The lowest BCUT2D eigenvalue weighted by Crippen LogP contribution is -1.98. The first-order valence-electron chi connectivity index (χ1n) is 6.15. The summed E-state index contributed by atoms with van der Waals surface area (Å²) in [6.07, 6.45) is 0. The lowest BCUT2D eigenvalue weighted by atomic mass is 9.98. The van der Waals surface area contributed by atoms with E-state index in [9.17, 15) is 0 Å². The number of benzene rings is 1. The van der Waals surface area contributed by atoms with Gasteiger partial charge in [-0.25, -0.2) is 0 Å². The van der Waals surface area contributed by atoms with Gasteiger partial charge in [0.15, 0.2) is 0 Å². The molecule has 0 aliphatic rings. The molecular weight excluding hydrogens is 236 g/mol. The van der Waals surface area contributed by atoms with Gasteiger partial charge in [-0.2, -0.15) is 0 Å². The molecule has 0 spiro atoms. The minimum atomic E-state index is 0.0623. The molecule has 1 aromatic heterocycles. The van der Waals surface area contributed by atoms with Gasteiger partial charge in [0.25, 0.3) is 0 Å². The van der Waals surface area contributed by atoms with Gasteiger partial charge in [0.2, 0.25) is 0 Å². The topological polar surface area (TPSA) is 0 Å². The zero-order valence-electron chi connectivity index (χ0n) is 11.4. The van der Waals surface area contributed by atoms with E-state index in [2.05, 4.69) is 75.9 Å². The van der Waals surface area contributed by atoms with Crippen molar-refractivity contribution in [2.75, 3.05) is 0 Å². The molecule has 0 N–H and O–H groups in total. The fraction of sp³-hybridized carbons (Fsp3) is 0.294. The number of aryl methyl sites for hydroxylation is 1. The second-order valence-electron chi connectivity index (χ2n) is 5.48. The fourth-order valence-corrected chi connectivity index (χ4v) is 2.60. The Morgan fingerprint density at radius 1 is 1.00 bits per heavy atom. The molecule has 0 fully saturated rings. The van der Waals surface area contributed by atoms with Crippen molar-refractivity contribution in [1.82, 2.24) is 0 Å². The normalized spacial score (nSPS) is 10.9. The molecular formula is C17H18S. The lowest BCUT2D eigenvalue weighted by Gasteiger charge is -2.06.